The minimum absolute atomic E-state index is 0.0679. The van der Waals surface area contributed by atoms with Gasteiger partial charge in [-0.05, 0) is 103 Å². The molecule has 1 N–H and O–H groups in total. The van der Waals surface area contributed by atoms with Crippen LogP contribution in [-0.2, 0) is 27.9 Å². The molecule has 0 aliphatic carbocycles. The third-order valence-electron chi connectivity index (χ3n) is 9.02. The molecule has 0 amide bonds. The second-order valence-corrected chi connectivity index (χ2v) is 17.5. The Kier molecular flexibility index (Phi) is 41.3. The molecule has 0 radical (unpaired) electrons. The average Bonchev–Trinajstić information content (AvgIpc) is 3.22. The van der Waals surface area contributed by atoms with Crippen molar-refractivity contribution in [3.8, 4) is 0 Å². The van der Waals surface area contributed by atoms with Gasteiger partial charge in [0.05, 0.1) is 34.4 Å². The zero-order chi connectivity index (χ0) is 44.8. The lowest BCUT2D eigenvalue weighted by Crippen LogP contribution is -2.37. The molecular weight excluding hydrogens is 782 g/mol. The number of rotatable bonds is 41. The SMILES string of the molecule is CC/C=C\C/C=C\C/C=C\C/C=C\C/C=C\CCCCCCCC(=O)OC(COCCCC/C=C\C/C=C\C/C=C\C/C=C\C/C=C\CC)COP(=O)(O)OCC[N+](C)(C)C. The molecule has 346 valence electrons. The van der Waals surface area contributed by atoms with E-state index in [9.17, 15) is 14.3 Å². The number of esters is 1. The molecule has 0 aromatic carbocycles. The smallest absolute Gasteiger partial charge is 0.457 e. The third-order valence-corrected chi connectivity index (χ3v) is 10.0. The van der Waals surface area contributed by atoms with Crippen LogP contribution < -0.4 is 0 Å². The number of hydrogen-bond donors (Lipinski definition) is 1. The number of quaternary nitrogens is 1. The molecule has 0 aliphatic heterocycles. The summed E-state index contributed by atoms with van der Waals surface area (Å²) in [7, 11) is 1.60. The fraction of sp³-hybridized carbons (Fsp3) is 0.596. The van der Waals surface area contributed by atoms with Gasteiger partial charge in [-0.2, -0.15) is 0 Å². The van der Waals surface area contributed by atoms with Gasteiger partial charge in [0.25, 0.3) is 0 Å². The van der Waals surface area contributed by atoms with Crippen LogP contribution in [0.2, 0.25) is 0 Å². The van der Waals surface area contributed by atoms with Crippen molar-refractivity contribution < 1.29 is 37.3 Å². The summed E-state index contributed by atoms with van der Waals surface area (Å²) in [5, 5.41) is 0. The summed E-state index contributed by atoms with van der Waals surface area (Å²) in [6, 6.07) is 0. The number of nitrogens with zero attached hydrogens (tertiary/aromatic N) is 1. The third kappa shape index (κ3) is 47.8. The Morgan fingerprint density at radius 1 is 0.508 bits per heavy atom. The molecule has 0 fully saturated rings. The van der Waals surface area contributed by atoms with E-state index in [0.29, 0.717) is 17.6 Å². The van der Waals surface area contributed by atoms with E-state index in [2.05, 4.69) is 135 Å². The van der Waals surface area contributed by atoms with Gasteiger partial charge in [-0.1, -0.05) is 155 Å². The van der Waals surface area contributed by atoms with Crippen molar-refractivity contribution in [2.24, 2.45) is 0 Å². The Morgan fingerprint density at radius 3 is 1.34 bits per heavy atom. The topological polar surface area (TPSA) is 91.3 Å². The van der Waals surface area contributed by atoms with E-state index in [1.165, 1.54) is 0 Å². The standard InChI is InChI=1S/C52H86NO7P/c1-6-8-10-12-14-16-18-20-22-24-26-27-28-29-31-33-35-37-39-41-43-45-52(54)60-51(50-59-61(55,56)58-48-46-53(3,4)5)49-57-47-44-42-40-38-36-34-32-30-25-23-21-19-17-15-13-11-9-7-2/h8-11,14-17,20-23,26-27,29-32,36,38,51H,6-7,12-13,18-19,24-25,28,33-35,37,39-50H2,1-5H3/p+1/b10-8-,11-9-,16-14-,17-15-,22-20-,23-21-,27-26-,31-29-,32-30-,38-36-. The van der Waals surface area contributed by atoms with Gasteiger partial charge < -0.3 is 18.9 Å². The average molecular weight is 869 g/mol. The normalized spacial score (nSPS) is 14.8. The van der Waals surface area contributed by atoms with Gasteiger partial charge in [-0.15, -0.1) is 0 Å². The molecule has 8 nitrogen and oxygen atoms in total. The minimum atomic E-state index is -4.31. The van der Waals surface area contributed by atoms with Gasteiger partial charge in [0, 0.05) is 13.0 Å². The fourth-order valence-corrected chi connectivity index (χ4v) is 6.23. The second-order valence-electron chi connectivity index (χ2n) is 16.0. The van der Waals surface area contributed by atoms with Gasteiger partial charge in [-0.25, -0.2) is 4.57 Å². The van der Waals surface area contributed by atoms with Crippen molar-refractivity contribution in [2.75, 3.05) is 54.1 Å². The highest BCUT2D eigenvalue weighted by atomic mass is 31.2. The van der Waals surface area contributed by atoms with Crippen LogP contribution in [-0.4, -0.2) is 75.6 Å². The lowest BCUT2D eigenvalue weighted by Gasteiger charge is -2.24. The maximum Gasteiger partial charge on any atom is 0.472 e. The Bertz CT molecular complexity index is 1380. The zero-order valence-electron chi connectivity index (χ0n) is 39.1. The van der Waals surface area contributed by atoms with E-state index in [0.717, 1.165) is 122 Å². The summed E-state index contributed by atoms with van der Waals surface area (Å²) in [4.78, 5) is 22.9. The number of ether oxygens (including phenoxy) is 2. The maximum atomic E-state index is 12.7. The summed E-state index contributed by atoms with van der Waals surface area (Å²) in [5.74, 6) is -0.354. The molecule has 2 unspecified atom stereocenters. The second kappa shape index (κ2) is 43.5. The molecule has 0 saturated heterocycles. The van der Waals surface area contributed by atoms with Crippen LogP contribution in [0.15, 0.2) is 122 Å². The molecule has 0 aromatic heterocycles. The number of carbonyl (C=O) groups excluding carboxylic acids is 1. The molecular formula is C52H87NO7P+. The van der Waals surface area contributed by atoms with Gasteiger partial charge in [-0.3, -0.25) is 13.8 Å². The predicted octanol–water partition coefficient (Wildman–Crippen LogP) is 14.2. The zero-order valence-corrected chi connectivity index (χ0v) is 40.0. The van der Waals surface area contributed by atoms with Crippen LogP contribution in [0.4, 0.5) is 0 Å². The molecule has 9 heteroatoms. The first-order valence-corrected chi connectivity index (χ1v) is 24.8. The van der Waals surface area contributed by atoms with Crippen LogP contribution in [0.1, 0.15) is 142 Å². The lowest BCUT2D eigenvalue weighted by molar-refractivity contribution is -0.870. The van der Waals surface area contributed by atoms with Crippen LogP contribution in [0.3, 0.4) is 0 Å². The van der Waals surface area contributed by atoms with Crippen molar-refractivity contribution in [2.45, 2.75) is 148 Å². The van der Waals surface area contributed by atoms with Crippen molar-refractivity contribution in [1.29, 1.82) is 0 Å². The van der Waals surface area contributed by atoms with Crippen LogP contribution in [0.25, 0.3) is 0 Å². The van der Waals surface area contributed by atoms with Crippen molar-refractivity contribution >= 4 is 13.8 Å². The Labute approximate surface area is 373 Å². The first kappa shape index (κ1) is 57.9. The summed E-state index contributed by atoms with van der Waals surface area (Å²) in [6.45, 7) is 5.21. The van der Waals surface area contributed by atoms with E-state index in [-0.39, 0.29) is 32.2 Å². The molecule has 0 bridgehead atoms. The molecule has 0 rings (SSSR count). The van der Waals surface area contributed by atoms with Gasteiger partial charge in [0.2, 0.25) is 0 Å². The summed E-state index contributed by atoms with van der Waals surface area (Å²) < 4.78 is 35.0. The van der Waals surface area contributed by atoms with Gasteiger partial charge in [0.1, 0.15) is 19.3 Å². The van der Waals surface area contributed by atoms with Gasteiger partial charge in [0.15, 0.2) is 0 Å². The maximum absolute atomic E-state index is 12.7. The van der Waals surface area contributed by atoms with Crippen LogP contribution >= 0.6 is 7.82 Å². The molecule has 61 heavy (non-hydrogen) atoms. The van der Waals surface area contributed by atoms with Crippen molar-refractivity contribution in [3.63, 3.8) is 0 Å². The van der Waals surface area contributed by atoms with Crippen molar-refractivity contribution in [3.05, 3.63) is 122 Å². The number of unbranched alkanes of at least 4 members (excludes halogenated alkanes) is 7. The highest BCUT2D eigenvalue weighted by Crippen LogP contribution is 2.43. The number of carbonyl (C=O) groups is 1. The molecule has 0 heterocycles. The van der Waals surface area contributed by atoms with Crippen molar-refractivity contribution in [1.82, 2.24) is 0 Å². The quantitative estimate of drug-likeness (QED) is 0.0215. The fourth-order valence-electron chi connectivity index (χ4n) is 5.49. The predicted molar refractivity (Wildman–Crippen MR) is 260 cm³/mol. The van der Waals surface area contributed by atoms with E-state index >= 15 is 0 Å². The van der Waals surface area contributed by atoms with E-state index in [1.807, 2.05) is 21.1 Å². The van der Waals surface area contributed by atoms with Crippen LogP contribution in [0.5, 0.6) is 0 Å². The molecule has 0 aliphatic rings. The van der Waals surface area contributed by atoms with E-state index in [1.54, 1.807) is 0 Å². The molecule has 0 spiro atoms. The lowest BCUT2D eigenvalue weighted by atomic mass is 10.1. The first-order chi connectivity index (χ1) is 29.6. The summed E-state index contributed by atoms with van der Waals surface area (Å²) >= 11 is 0. The number of phosphoric ester groups is 1. The van der Waals surface area contributed by atoms with E-state index < -0.39 is 13.9 Å². The highest BCUT2D eigenvalue weighted by molar-refractivity contribution is 7.47. The number of likely N-dealkylation sites (N-methyl/N-ethyl adjacent to an activating group) is 1. The highest BCUT2D eigenvalue weighted by Gasteiger charge is 2.26. The van der Waals surface area contributed by atoms with E-state index in [4.69, 9.17) is 18.5 Å². The Balaban J connectivity index is 4.37. The largest absolute Gasteiger partial charge is 0.472 e. The monoisotopic (exact) mass is 869 g/mol. The molecule has 2 atom stereocenters. The van der Waals surface area contributed by atoms with Gasteiger partial charge >= 0.3 is 13.8 Å². The summed E-state index contributed by atoms with van der Waals surface area (Å²) in [5.41, 5.74) is 0. The Morgan fingerprint density at radius 2 is 0.902 bits per heavy atom. The summed E-state index contributed by atoms with van der Waals surface area (Å²) in [6.07, 6.45) is 62.4. The number of phosphoric acid groups is 1. The minimum Gasteiger partial charge on any atom is -0.457 e. The first-order valence-electron chi connectivity index (χ1n) is 23.3. The number of allylic oxidation sites excluding steroid dienone is 20. The Hall–Kier alpha value is -3.10. The number of hydrogen-bond acceptors (Lipinski definition) is 6. The van der Waals surface area contributed by atoms with Crippen LogP contribution in [0, 0.1) is 0 Å². The molecule has 0 aromatic rings. The molecule has 0 saturated carbocycles.